The Morgan fingerprint density at radius 2 is 0.494 bits per heavy atom. The zero-order valence-corrected chi connectivity index (χ0v) is 45.2. The Kier molecular flexibility index (Phi) is 10.4. The maximum absolute atomic E-state index is 6.63. The molecule has 0 fully saturated rings. The van der Waals surface area contributed by atoms with E-state index in [1.165, 1.54) is 89.0 Å². The molecule has 388 valence electrons. The zero-order valence-electron chi connectivity index (χ0n) is 45.2. The molecule has 13 aromatic rings. The van der Waals surface area contributed by atoms with Crippen LogP contribution in [0.3, 0.4) is 0 Å². The third kappa shape index (κ3) is 6.98. The molecule has 0 atom stereocenters. The van der Waals surface area contributed by atoms with Crippen molar-refractivity contribution >= 4 is 17.1 Å². The lowest BCUT2D eigenvalue weighted by atomic mass is 9.66. The molecule has 0 saturated heterocycles. The fraction of sp³-hybridized carbons (Fsp3) is 0.0250. The summed E-state index contributed by atoms with van der Waals surface area (Å²) in [5.41, 5.74) is 26.3. The number of hydrogen-bond acceptors (Lipinski definition) is 3. The van der Waals surface area contributed by atoms with Crippen molar-refractivity contribution in [2.24, 2.45) is 0 Å². The average molecular weight is 1060 g/mol. The molecule has 0 bridgehead atoms. The van der Waals surface area contributed by atoms with Gasteiger partial charge in [0.1, 0.15) is 23.0 Å². The Balaban J connectivity index is 0.770. The van der Waals surface area contributed by atoms with Crippen LogP contribution in [0.15, 0.2) is 309 Å². The van der Waals surface area contributed by atoms with Crippen LogP contribution in [0, 0.1) is 0 Å². The van der Waals surface area contributed by atoms with Gasteiger partial charge in [-0.3, -0.25) is 0 Å². The number of para-hydroxylation sites is 4. The summed E-state index contributed by atoms with van der Waals surface area (Å²) in [5, 5.41) is 0. The number of rotatable bonds is 7. The number of fused-ring (bicyclic) bond motifs is 18. The molecule has 3 nitrogen and oxygen atoms in total. The summed E-state index contributed by atoms with van der Waals surface area (Å²) in [6.07, 6.45) is 0. The molecule has 13 aromatic carbocycles. The summed E-state index contributed by atoms with van der Waals surface area (Å²) in [6.45, 7) is 0. The van der Waals surface area contributed by atoms with Crippen LogP contribution in [0.2, 0.25) is 0 Å². The normalized spacial score (nSPS) is 13.7. The van der Waals surface area contributed by atoms with Gasteiger partial charge >= 0.3 is 0 Å². The highest BCUT2D eigenvalue weighted by molar-refractivity contribution is 5.93. The smallest absolute Gasteiger partial charge is 0.132 e. The number of anilines is 3. The van der Waals surface area contributed by atoms with Gasteiger partial charge in [0.05, 0.1) is 10.8 Å². The van der Waals surface area contributed by atoms with Crippen molar-refractivity contribution in [2.45, 2.75) is 10.8 Å². The first kappa shape index (κ1) is 47.1. The molecule has 0 amide bonds. The Bertz CT molecular complexity index is 4640. The highest BCUT2D eigenvalue weighted by Gasteiger charge is 2.52. The first-order chi connectivity index (χ1) is 41.1. The minimum Gasteiger partial charge on any atom is -0.457 e. The zero-order chi connectivity index (χ0) is 54.6. The lowest BCUT2D eigenvalue weighted by molar-refractivity contribution is 0.436. The van der Waals surface area contributed by atoms with Crippen LogP contribution in [0.4, 0.5) is 17.1 Å². The van der Waals surface area contributed by atoms with Crippen LogP contribution in [-0.4, -0.2) is 0 Å². The van der Waals surface area contributed by atoms with Crippen molar-refractivity contribution in [2.75, 3.05) is 4.90 Å². The molecular weight excluding hydrogens is 1010 g/mol. The Morgan fingerprint density at radius 1 is 0.193 bits per heavy atom. The van der Waals surface area contributed by atoms with Gasteiger partial charge in [-0.1, -0.05) is 237 Å². The number of ether oxygens (including phenoxy) is 2. The minimum absolute atomic E-state index is 0.508. The molecule has 83 heavy (non-hydrogen) atoms. The van der Waals surface area contributed by atoms with Crippen LogP contribution in [0.25, 0.3) is 66.8 Å². The van der Waals surface area contributed by atoms with Crippen LogP contribution >= 0.6 is 0 Å². The molecular formula is C80H51NO2. The van der Waals surface area contributed by atoms with Gasteiger partial charge < -0.3 is 14.4 Å². The van der Waals surface area contributed by atoms with E-state index in [2.05, 4.69) is 314 Å². The molecule has 0 aromatic heterocycles. The highest BCUT2D eigenvalue weighted by atomic mass is 16.5. The summed E-state index contributed by atoms with van der Waals surface area (Å²) in [4.78, 5) is 2.39. The van der Waals surface area contributed by atoms with Gasteiger partial charge in [0.25, 0.3) is 0 Å². The van der Waals surface area contributed by atoms with Crippen molar-refractivity contribution in [1.29, 1.82) is 0 Å². The van der Waals surface area contributed by atoms with E-state index in [4.69, 9.17) is 9.47 Å². The van der Waals surface area contributed by atoms with Crippen molar-refractivity contribution in [3.63, 3.8) is 0 Å². The maximum Gasteiger partial charge on any atom is 0.132 e. The quantitative estimate of drug-likeness (QED) is 0.159. The fourth-order valence-electron chi connectivity index (χ4n) is 14.4. The highest BCUT2D eigenvalue weighted by Crippen LogP contribution is 2.64. The molecule has 4 aliphatic rings. The van der Waals surface area contributed by atoms with E-state index in [-0.39, 0.29) is 0 Å². The average Bonchev–Trinajstić information content (AvgIpc) is 1.95. The van der Waals surface area contributed by atoms with Gasteiger partial charge in [-0.2, -0.15) is 0 Å². The van der Waals surface area contributed by atoms with Crippen molar-refractivity contribution in [3.05, 3.63) is 354 Å². The summed E-state index contributed by atoms with van der Waals surface area (Å²) in [6, 6.07) is 113. The molecule has 2 heterocycles. The van der Waals surface area contributed by atoms with Crippen LogP contribution in [-0.2, 0) is 10.8 Å². The lowest BCUT2D eigenvalue weighted by Crippen LogP contribution is -2.32. The Labute approximate surface area is 483 Å². The molecule has 2 aliphatic heterocycles. The molecule has 0 radical (unpaired) electrons. The second-order valence-corrected chi connectivity index (χ2v) is 22.2. The molecule has 2 spiro atoms. The molecule has 17 rings (SSSR count). The second-order valence-electron chi connectivity index (χ2n) is 22.2. The van der Waals surface area contributed by atoms with Gasteiger partial charge in [0, 0.05) is 39.3 Å². The molecule has 3 heteroatoms. The van der Waals surface area contributed by atoms with Gasteiger partial charge in [0.15, 0.2) is 0 Å². The van der Waals surface area contributed by atoms with E-state index >= 15 is 0 Å². The van der Waals surface area contributed by atoms with E-state index in [1.807, 2.05) is 0 Å². The van der Waals surface area contributed by atoms with Crippen molar-refractivity contribution in [1.82, 2.24) is 0 Å². The van der Waals surface area contributed by atoms with Crippen LogP contribution in [0.1, 0.15) is 44.5 Å². The monoisotopic (exact) mass is 1060 g/mol. The second kappa shape index (κ2) is 18.4. The topological polar surface area (TPSA) is 21.7 Å². The number of hydrogen-bond donors (Lipinski definition) is 0. The van der Waals surface area contributed by atoms with Crippen LogP contribution < -0.4 is 14.4 Å². The molecule has 2 aliphatic carbocycles. The largest absolute Gasteiger partial charge is 0.457 e. The van der Waals surface area contributed by atoms with Gasteiger partial charge in [-0.25, -0.2) is 0 Å². The lowest BCUT2D eigenvalue weighted by Gasteiger charge is -2.39. The first-order valence-corrected chi connectivity index (χ1v) is 28.6. The summed E-state index contributed by atoms with van der Waals surface area (Å²) >= 11 is 0. The van der Waals surface area contributed by atoms with Gasteiger partial charge in [0.2, 0.25) is 0 Å². The van der Waals surface area contributed by atoms with E-state index in [0.29, 0.717) is 0 Å². The predicted octanol–water partition coefficient (Wildman–Crippen LogP) is 20.8. The minimum atomic E-state index is -0.521. The predicted molar refractivity (Wildman–Crippen MR) is 338 cm³/mol. The first-order valence-electron chi connectivity index (χ1n) is 28.6. The number of nitrogens with zero attached hydrogens (tertiary/aromatic N) is 1. The summed E-state index contributed by atoms with van der Waals surface area (Å²) in [5.74, 6) is 3.59. The van der Waals surface area contributed by atoms with Crippen molar-refractivity contribution < 1.29 is 9.47 Å². The third-order valence-corrected chi connectivity index (χ3v) is 18.0. The Hall–Kier alpha value is -10.7. The van der Waals surface area contributed by atoms with E-state index in [9.17, 15) is 0 Å². The van der Waals surface area contributed by atoms with E-state index < -0.39 is 10.8 Å². The third-order valence-electron chi connectivity index (χ3n) is 18.0. The van der Waals surface area contributed by atoms with E-state index in [0.717, 1.165) is 62.3 Å². The fourth-order valence-corrected chi connectivity index (χ4v) is 14.4. The summed E-state index contributed by atoms with van der Waals surface area (Å²) < 4.78 is 13.2. The van der Waals surface area contributed by atoms with Crippen LogP contribution in [0.5, 0.6) is 23.0 Å². The Morgan fingerprint density at radius 3 is 0.940 bits per heavy atom. The standard InChI is InChI=1S/C80H51NO2/c1-2-17-52(18-3-1)53-33-35-54(36-34-53)55-37-43-60(44-38-55)81(61-45-39-56(40-46-61)58-41-47-69-65(50-58)63-21-4-6-23-67(63)79(69)71-25-8-12-29-75(71)82-76-30-13-9-26-72(76)79)62-20-16-19-57(49-62)59-42-48-70-66(51-59)64-22-5-7-24-68(64)80(70)73-27-10-14-31-77(73)83-78-32-15-11-28-74(78)80/h1-51H. The van der Waals surface area contributed by atoms with Gasteiger partial charge in [-0.05, 0) is 162 Å². The molecule has 0 unspecified atom stereocenters. The van der Waals surface area contributed by atoms with E-state index in [1.54, 1.807) is 0 Å². The molecule has 0 N–H and O–H groups in total. The van der Waals surface area contributed by atoms with Gasteiger partial charge in [-0.15, -0.1) is 0 Å². The molecule has 0 saturated carbocycles. The number of benzene rings is 13. The SMILES string of the molecule is c1ccc(-c2ccc(-c3ccc(N(c4ccc(-c5ccc6c(c5)-c5ccccc5C65c6ccccc6Oc6ccccc65)cc4)c4cccc(-c5ccc6c(c5)-c5ccccc5C65c6ccccc6Oc6ccccc65)c4)cc3)cc2)cc1. The maximum atomic E-state index is 6.63. The van der Waals surface area contributed by atoms with Crippen molar-refractivity contribution in [3.8, 4) is 89.8 Å². The summed E-state index contributed by atoms with van der Waals surface area (Å²) in [7, 11) is 0.